The van der Waals surface area contributed by atoms with Crippen LogP contribution >= 0.6 is 0 Å². The first-order valence-electron chi connectivity index (χ1n) is 4.78. The lowest BCUT2D eigenvalue weighted by Crippen LogP contribution is -2.32. The predicted octanol–water partition coefficient (Wildman–Crippen LogP) is 1.82. The van der Waals surface area contributed by atoms with Gasteiger partial charge in [-0.05, 0) is 30.0 Å². The number of piperidine rings is 1. The van der Waals surface area contributed by atoms with Crippen LogP contribution in [0.3, 0.4) is 0 Å². The molecule has 14 heavy (non-hydrogen) atoms. The van der Waals surface area contributed by atoms with Crippen molar-refractivity contribution in [3.8, 4) is 0 Å². The fourth-order valence-corrected chi connectivity index (χ4v) is 1.80. The molecule has 0 unspecified atom stereocenters. The molecule has 2 nitrogen and oxygen atoms in total. The van der Waals surface area contributed by atoms with Gasteiger partial charge in [-0.2, -0.15) is 0 Å². The van der Waals surface area contributed by atoms with Crippen molar-refractivity contribution in [2.75, 3.05) is 6.54 Å². The molecule has 1 amide bonds. The summed E-state index contributed by atoms with van der Waals surface area (Å²) >= 11 is 0. The zero-order valence-electron chi connectivity index (χ0n) is 7.79. The standard InChI is InChI=1S/C11H12FNO/c12-10-3-1-8(2-4-10)9-5-6-13-11(14)7-9/h1-4,9H,5-7H2,(H,13,14)/t9-/m0/s1. The van der Waals surface area contributed by atoms with Crippen LogP contribution in [0.1, 0.15) is 24.3 Å². The summed E-state index contributed by atoms with van der Waals surface area (Å²) in [6, 6.07) is 6.42. The van der Waals surface area contributed by atoms with Crippen molar-refractivity contribution in [3.63, 3.8) is 0 Å². The number of amides is 1. The van der Waals surface area contributed by atoms with Gasteiger partial charge in [0.1, 0.15) is 5.82 Å². The molecule has 1 N–H and O–H groups in total. The Kier molecular flexibility index (Phi) is 2.48. The monoisotopic (exact) mass is 193 g/mol. The summed E-state index contributed by atoms with van der Waals surface area (Å²) < 4.78 is 12.7. The highest BCUT2D eigenvalue weighted by molar-refractivity contribution is 5.77. The fraction of sp³-hybridized carbons (Fsp3) is 0.364. The fourth-order valence-electron chi connectivity index (χ4n) is 1.80. The lowest BCUT2D eigenvalue weighted by molar-refractivity contribution is -0.122. The average Bonchev–Trinajstić information content (AvgIpc) is 2.19. The van der Waals surface area contributed by atoms with Crippen LogP contribution in [0.15, 0.2) is 24.3 Å². The molecule has 1 aromatic carbocycles. The van der Waals surface area contributed by atoms with Gasteiger partial charge in [-0.3, -0.25) is 4.79 Å². The topological polar surface area (TPSA) is 29.1 Å². The number of nitrogens with one attached hydrogen (secondary N) is 1. The second-order valence-corrected chi connectivity index (χ2v) is 3.59. The van der Waals surface area contributed by atoms with E-state index in [1.165, 1.54) is 12.1 Å². The average molecular weight is 193 g/mol. The van der Waals surface area contributed by atoms with E-state index in [2.05, 4.69) is 5.32 Å². The maximum atomic E-state index is 12.7. The number of carbonyl (C=O) groups excluding carboxylic acids is 1. The Morgan fingerprint density at radius 3 is 2.64 bits per heavy atom. The molecule has 1 saturated heterocycles. The van der Waals surface area contributed by atoms with Crippen molar-refractivity contribution in [1.82, 2.24) is 5.32 Å². The van der Waals surface area contributed by atoms with Crippen LogP contribution in [-0.2, 0) is 4.79 Å². The van der Waals surface area contributed by atoms with Crippen molar-refractivity contribution in [3.05, 3.63) is 35.6 Å². The van der Waals surface area contributed by atoms with E-state index in [1.807, 2.05) is 0 Å². The minimum atomic E-state index is -0.228. The van der Waals surface area contributed by atoms with E-state index in [4.69, 9.17) is 0 Å². The predicted molar refractivity (Wildman–Crippen MR) is 51.4 cm³/mol. The molecule has 0 aromatic heterocycles. The van der Waals surface area contributed by atoms with Gasteiger partial charge in [0.15, 0.2) is 0 Å². The van der Waals surface area contributed by atoms with Gasteiger partial charge in [-0.1, -0.05) is 12.1 Å². The van der Waals surface area contributed by atoms with Gasteiger partial charge in [-0.15, -0.1) is 0 Å². The number of hydrogen-bond donors (Lipinski definition) is 1. The highest BCUT2D eigenvalue weighted by Gasteiger charge is 2.20. The smallest absolute Gasteiger partial charge is 0.220 e. The molecule has 1 aromatic rings. The summed E-state index contributed by atoms with van der Waals surface area (Å²) in [4.78, 5) is 11.1. The lowest BCUT2D eigenvalue weighted by atomic mass is 9.90. The molecular weight excluding hydrogens is 181 g/mol. The summed E-state index contributed by atoms with van der Waals surface area (Å²) in [5.74, 6) is 0.115. The minimum Gasteiger partial charge on any atom is -0.356 e. The van der Waals surface area contributed by atoms with E-state index < -0.39 is 0 Å². The molecule has 0 spiro atoms. The first kappa shape index (κ1) is 9.19. The normalized spacial score (nSPS) is 21.8. The molecule has 0 aliphatic carbocycles. The van der Waals surface area contributed by atoms with Gasteiger partial charge >= 0.3 is 0 Å². The van der Waals surface area contributed by atoms with Crippen molar-refractivity contribution < 1.29 is 9.18 Å². The van der Waals surface area contributed by atoms with E-state index >= 15 is 0 Å². The van der Waals surface area contributed by atoms with Gasteiger partial charge in [0.2, 0.25) is 5.91 Å². The van der Waals surface area contributed by atoms with Crippen LogP contribution in [0.4, 0.5) is 4.39 Å². The number of rotatable bonds is 1. The summed E-state index contributed by atoms with van der Waals surface area (Å²) in [5.41, 5.74) is 1.06. The Balaban J connectivity index is 2.14. The number of benzene rings is 1. The molecule has 2 rings (SSSR count). The maximum Gasteiger partial charge on any atom is 0.220 e. The maximum absolute atomic E-state index is 12.7. The number of carbonyl (C=O) groups is 1. The van der Waals surface area contributed by atoms with Crippen LogP contribution in [-0.4, -0.2) is 12.5 Å². The number of halogens is 1. The third-order valence-electron chi connectivity index (χ3n) is 2.59. The molecular formula is C11H12FNO. The molecule has 0 bridgehead atoms. The van der Waals surface area contributed by atoms with Gasteiger partial charge in [0, 0.05) is 13.0 Å². The molecule has 1 aliphatic rings. The van der Waals surface area contributed by atoms with Crippen molar-refractivity contribution >= 4 is 5.91 Å². The van der Waals surface area contributed by atoms with Gasteiger partial charge < -0.3 is 5.32 Å². The molecule has 3 heteroatoms. The van der Waals surface area contributed by atoms with E-state index in [0.29, 0.717) is 6.42 Å². The van der Waals surface area contributed by atoms with Crippen molar-refractivity contribution in [2.24, 2.45) is 0 Å². The molecule has 1 heterocycles. The zero-order valence-corrected chi connectivity index (χ0v) is 7.79. The Morgan fingerprint density at radius 1 is 1.29 bits per heavy atom. The zero-order chi connectivity index (χ0) is 9.97. The van der Waals surface area contributed by atoms with Crippen LogP contribution < -0.4 is 5.32 Å². The second kappa shape index (κ2) is 3.78. The largest absolute Gasteiger partial charge is 0.356 e. The minimum absolute atomic E-state index is 0.0885. The van der Waals surface area contributed by atoms with E-state index in [1.54, 1.807) is 12.1 Å². The number of hydrogen-bond acceptors (Lipinski definition) is 1. The lowest BCUT2D eigenvalue weighted by Gasteiger charge is -2.22. The quantitative estimate of drug-likeness (QED) is 0.724. The molecule has 1 fully saturated rings. The Labute approximate surface area is 82.1 Å². The molecule has 0 saturated carbocycles. The second-order valence-electron chi connectivity index (χ2n) is 3.59. The van der Waals surface area contributed by atoms with Crippen LogP contribution in [0, 0.1) is 5.82 Å². The van der Waals surface area contributed by atoms with Crippen LogP contribution in [0.25, 0.3) is 0 Å². The van der Waals surface area contributed by atoms with Gasteiger partial charge in [0.05, 0.1) is 0 Å². The molecule has 74 valence electrons. The summed E-state index contributed by atoms with van der Waals surface area (Å²) in [5, 5.41) is 2.78. The Hall–Kier alpha value is -1.38. The summed E-state index contributed by atoms with van der Waals surface area (Å²) in [6.07, 6.45) is 1.46. The summed E-state index contributed by atoms with van der Waals surface area (Å²) in [7, 11) is 0. The third-order valence-corrected chi connectivity index (χ3v) is 2.59. The van der Waals surface area contributed by atoms with E-state index in [-0.39, 0.29) is 17.6 Å². The van der Waals surface area contributed by atoms with Crippen molar-refractivity contribution in [2.45, 2.75) is 18.8 Å². The van der Waals surface area contributed by atoms with Gasteiger partial charge in [-0.25, -0.2) is 4.39 Å². The molecule has 0 radical (unpaired) electrons. The SMILES string of the molecule is O=C1C[C@@H](c2ccc(F)cc2)CCN1. The highest BCUT2D eigenvalue weighted by atomic mass is 19.1. The van der Waals surface area contributed by atoms with E-state index in [0.717, 1.165) is 18.5 Å². The third kappa shape index (κ3) is 1.92. The molecule has 1 atom stereocenters. The summed E-state index contributed by atoms with van der Waals surface area (Å²) in [6.45, 7) is 0.723. The van der Waals surface area contributed by atoms with Gasteiger partial charge in [0.25, 0.3) is 0 Å². The Morgan fingerprint density at radius 2 is 2.00 bits per heavy atom. The highest BCUT2D eigenvalue weighted by Crippen LogP contribution is 2.25. The van der Waals surface area contributed by atoms with E-state index in [9.17, 15) is 9.18 Å². The Bertz CT molecular complexity index is 334. The van der Waals surface area contributed by atoms with Crippen LogP contribution in [0.5, 0.6) is 0 Å². The van der Waals surface area contributed by atoms with Crippen LogP contribution in [0.2, 0.25) is 0 Å². The molecule has 1 aliphatic heterocycles. The first-order valence-corrected chi connectivity index (χ1v) is 4.78. The first-order chi connectivity index (χ1) is 6.75. The van der Waals surface area contributed by atoms with Crippen molar-refractivity contribution in [1.29, 1.82) is 0 Å².